The van der Waals surface area contributed by atoms with Crippen LogP contribution in [0.15, 0.2) is 24.3 Å². The monoisotopic (exact) mass is 226 g/mol. The van der Waals surface area contributed by atoms with E-state index in [4.69, 9.17) is 9.47 Å². The zero-order valence-electron chi connectivity index (χ0n) is 11.1. The second kappa shape index (κ2) is 9.61. The fraction of sp³-hybridized carbons (Fsp3) is 0.714. The van der Waals surface area contributed by atoms with Crippen LogP contribution >= 0.6 is 0 Å². The predicted octanol–water partition coefficient (Wildman–Crippen LogP) is 4.08. The normalized spacial score (nSPS) is 10.8. The number of ether oxygens (including phenoxy) is 2. The summed E-state index contributed by atoms with van der Waals surface area (Å²) in [7, 11) is 0. The van der Waals surface area contributed by atoms with Crippen molar-refractivity contribution in [3.8, 4) is 0 Å². The highest BCUT2D eigenvalue weighted by atomic mass is 16.7. The van der Waals surface area contributed by atoms with Gasteiger partial charge in [-0.15, -0.1) is 0 Å². The van der Waals surface area contributed by atoms with Gasteiger partial charge in [-0.25, -0.2) is 0 Å². The van der Waals surface area contributed by atoms with Gasteiger partial charge in [-0.3, -0.25) is 0 Å². The Morgan fingerprint density at radius 2 is 1.50 bits per heavy atom. The molecule has 0 aliphatic heterocycles. The summed E-state index contributed by atoms with van der Waals surface area (Å²) >= 11 is 0. The third-order valence-corrected chi connectivity index (χ3v) is 2.07. The Hall–Kier alpha value is -0.600. The Morgan fingerprint density at radius 3 is 1.88 bits per heavy atom. The maximum Gasteiger partial charge on any atom is 0.158 e. The molecular weight excluding hydrogens is 200 g/mol. The molecule has 2 heteroatoms. The molecule has 0 fully saturated rings. The van der Waals surface area contributed by atoms with Crippen LogP contribution in [0, 0.1) is 0 Å². The minimum atomic E-state index is -0.111. The lowest BCUT2D eigenvalue weighted by Gasteiger charge is -2.18. The third-order valence-electron chi connectivity index (χ3n) is 2.07. The van der Waals surface area contributed by atoms with E-state index in [-0.39, 0.29) is 6.29 Å². The molecule has 0 spiro atoms. The van der Waals surface area contributed by atoms with Crippen LogP contribution in [0.4, 0.5) is 0 Å². The van der Waals surface area contributed by atoms with E-state index in [1.807, 2.05) is 13.8 Å². The first-order chi connectivity index (χ1) is 7.56. The predicted molar refractivity (Wildman–Crippen MR) is 69.5 cm³/mol. The van der Waals surface area contributed by atoms with Crippen LogP contribution in [0.3, 0.4) is 0 Å². The van der Waals surface area contributed by atoms with Crippen molar-refractivity contribution in [2.24, 2.45) is 0 Å². The van der Waals surface area contributed by atoms with E-state index in [0.717, 1.165) is 24.0 Å². The zero-order valence-corrected chi connectivity index (χ0v) is 11.1. The van der Waals surface area contributed by atoms with Crippen LogP contribution in [0.25, 0.3) is 0 Å². The summed E-state index contributed by atoms with van der Waals surface area (Å²) in [5.41, 5.74) is 2.05. The fourth-order valence-electron chi connectivity index (χ4n) is 1.25. The summed E-state index contributed by atoms with van der Waals surface area (Å²) in [6.45, 7) is 14.9. The molecule has 94 valence electrons. The van der Waals surface area contributed by atoms with Gasteiger partial charge in [-0.2, -0.15) is 0 Å². The molecule has 0 bridgehead atoms. The van der Waals surface area contributed by atoms with E-state index in [2.05, 4.69) is 20.1 Å². The molecule has 0 aromatic heterocycles. The molecule has 0 saturated carbocycles. The van der Waals surface area contributed by atoms with Gasteiger partial charge in [0.2, 0.25) is 0 Å². The molecule has 0 amide bonds. The molecule has 0 aromatic carbocycles. The molecule has 0 N–H and O–H groups in total. The maximum atomic E-state index is 5.64. The standard InChI is InChI=1S/C14H26O2/c1-6-7-8-9-14(15-10-12(2)3)16-11-13(4)5/h14H,2,4,6-11H2,1,3,5H3. The van der Waals surface area contributed by atoms with Gasteiger partial charge in [-0.1, -0.05) is 44.1 Å². The lowest BCUT2D eigenvalue weighted by atomic mass is 10.2. The minimum absolute atomic E-state index is 0.111. The van der Waals surface area contributed by atoms with Gasteiger partial charge >= 0.3 is 0 Å². The second-order valence-corrected chi connectivity index (χ2v) is 4.46. The molecule has 0 heterocycles. The quantitative estimate of drug-likeness (QED) is 0.317. The van der Waals surface area contributed by atoms with Crippen molar-refractivity contribution < 1.29 is 9.47 Å². The summed E-state index contributed by atoms with van der Waals surface area (Å²) in [6, 6.07) is 0. The van der Waals surface area contributed by atoms with E-state index in [1.165, 1.54) is 12.8 Å². The maximum absolute atomic E-state index is 5.64. The number of hydrogen-bond acceptors (Lipinski definition) is 2. The Balaban J connectivity index is 3.84. The lowest BCUT2D eigenvalue weighted by Crippen LogP contribution is -2.19. The van der Waals surface area contributed by atoms with Gasteiger partial charge in [0, 0.05) is 0 Å². The average molecular weight is 226 g/mol. The first-order valence-corrected chi connectivity index (χ1v) is 6.08. The molecule has 0 unspecified atom stereocenters. The van der Waals surface area contributed by atoms with Crippen molar-refractivity contribution in [1.29, 1.82) is 0 Å². The van der Waals surface area contributed by atoms with Gasteiger partial charge in [0.15, 0.2) is 6.29 Å². The Morgan fingerprint density at radius 1 is 1.00 bits per heavy atom. The summed E-state index contributed by atoms with van der Waals surface area (Å²) in [4.78, 5) is 0. The van der Waals surface area contributed by atoms with Crippen LogP contribution < -0.4 is 0 Å². The van der Waals surface area contributed by atoms with Gasteiger partial charge in [0.1, 0.15) is 0 Å². The molecule has 0 aliphatic rings. The molecule has 0 saturated heterocycles. The summed E-state index contributed by atoms with van der Waals surface area (Å²) in [5.74, 6) is 0. The second-order valence-electron chi connectivity index (χ2n) is 4.46. The number of unbranched alkanes of at least 4 members (excludes halogenated alkanes) is 2. The Bertz CT molecular complexity index is 191. The highest BCUT2D eigenvalue weighted by Gasteiger charge is 2.09. The molecular formula is C14H26O2. The van der Waals surface area contributed by atoms with Gasteiger partial charge in [-0.05, 0) is 26.7 Å². The van der Waals surface area contributed by atoms with Crippen LogP contribution in [-0.4, -0.2) is 19.5 Å². The lowest BCUT2D eigenvalue weighted by molar-refractivity contribution is -0.134. The fourth-order valence-corrected chi connectivity index (χ4v) is 1.25. The van der Waals surface area contributed by atoms with E-state index >= 15 is 0 Å². The number of hydrogen-bond donors (Lipinski definition) is 0. The van der Waals surface area contributed by atoms with Crippen LogP contribution in [0.1, 0.15) is 46.5 Å². The smallest absolute Gasteiger partial charge is 0.158 e. The zero-order chi connectivity index (χ0) is 12.4. The SMILES string of the molecule is C=C(C)COC(CCCCC)OCC(=C)C. The Labute approximate surface area is 100 Å². The van der Waals surface area contributed by atoms with Crippen LogP contribution in [-0.2, 0) is 9.47 Å². The van der Waals surface area contributed by atoms with Crippen molar-refractivity contribution in [3.63, 3.8) is 0 Å². The van der Waals surface area contributed by atoms with Gasteiger partial charge in [0.05, 0.1) is 13.2 Å². The van der Waals surface area contributed by atoms with Crippen molar-refractivity contribution in [3.05, 3.63) is 24.3 Å². The average Bonchev–Trinajstić information content (AvgIpc) is 2.21. The molecule has 0 rings (SSSR count). The topological polar surface area (TPSA) is 18.5 Å². The molecule has 16 heavy (non-hydrogen) atoms. The summed E-state index contributed by atoms with van der Waals surface area (Å²) in [5, 5.41) is 0. The molecule has 0 radical (unpaired) electrons. The Kier molecular flexibility index (Phi) is 9.25. The van der Waals surface area contributed by atoms with E-state index in [0.29, 0.717) is 13.2 Å². The highest BCUT2D eigenvalue weighted by Crippen LogP contribution is 2.10. The van der Waals surface area contributed by atoms with E-state index in [9.17, 15) is 0 Å². The van der Waals surface area contributed by atoms with E-state index in [1.54, 1.807) is 0 Å². The van der Waals surface area contributed by atoms with Crippen molar-refractivity contribution in [2.45, 2.75) is 52.7 Å². The van der Waals surface area contributed by atoms with Crippen molar-refractivity contribution >= 4 is 0 Å². The van der Waals surface area contributed by atoms with Crippen LogP contribution in [0.5, 0.6) is 0 Å². The highest BCUT2D eigenvalue weighted by molar-refractivity contribution is 4.88. The van der Waals surface area contributed by atoms with Crippen LogP contribution in [0.2, 0.25) is 0 Å². The van der Waals surface area contributed by atoms with Crippen molar-refractivity contribution in [2.75, 3.05) is 13.2 Å². The van der Waals surface area contributed by atoms with Gasteiger partial charge < -0.3 is 9.47 Å². The van der Waals surface area contributed by atoms with Gasteiger partial charge in [0.25, 0.3) is 0 Å². The number of rotatable bonds is 10. The van der Waals surface area contributed by atoms with Crippen molar-refractivity contribution in [1.82, 2.24) is 0 Å². The minimum Gasteiger partial charge on any atom is -0.348 e. The molecule has 0 aromatic rings. The largest absolute Gasteiger partial charge is 0.348 e. The molecule has 0 aliphatic carbocycles. The summed E-state index contributed by atoms with van der Waals surface area (Å²) in [6.07, 6.45) is 4.43. The third kappa shape index (κ3) is 9.94. The van der Waals surface area contributed by atoms with E-state index < -0.39 is 0 Å². The molecule has 0 atom stereocenters. The summed E-state index contributed by atoms with van der Waals surface area (Å²) < 4.78 is 11.3. The first-order valence-electron chi connectivity index (χ1n) is 6.08. The first kappa shape index (κ1) is 15.4. The molecule has 2 nitrogen and oxygen atoms in total.